The van der Waals surface area contributed by atoms with Crippen LogP contribution in [0.2, 0.25) is 0 Å². The van der Waals surface area contributed by atoms with E-state index in [0.29, 0.717) is 17.1 Å². The highest BCUT2D eigenvalue weighted by Crippen LogP contribution is 2.66. The molecule has 4 aliphatic carbocycles. The average Bonchev–Trinajstić information content (AvgIpc) is 3.29. The van der Waals surface area contributed by atoms with Crippen LogP contribution >= 0.6 is 0 Å². The van der Waals surface area contributed by atoms with Crippen LogP contribution in [0, 0.1) is 40.4 Å². The number of carbonyl (C=O) groups excluding carboxylic acids is 1. The summed E-state index contributed by atoms with van der Waals surface area (Å²) in [5.74, 6) is 4.23. The minimum absolute atomic E-state index is 0.0108. The standard InChI is InChI=1S/C24H38N2O2/c1-15-12-16-13-17(26-28-18-8-11-25-14-18)6-9-23(16,2)20-7-10-24(3)19(22(15)20)4-5-21(24)27/h15-16,18-20,22,25H,4-14H2,1-3H3/t15-,16?,18+,19+,20+,22+,23+,24+/m1/s1. The molecule has 1 N–H and O–H groups in total. The molecule has 5 aliphatic rings. The molecule has 156 valence electrons. The number of nitrogens with zero attached hydrogens (tertiary/aromatic N) is 1. The summed E-state index contributed by atoms with van der Waals surface area (Å²) in [6.45, 7) is 9.36. The maximum atomic E-state index is 12.7. The molecule has 4 saturated carbocycles. The quantitative estimate of drug-likeness (QED) is 0.707. The van der Waals surface area contributed by atoms with Crippen molar-refractivity contribution in [2.75, 3.05) is 13.1 Å². The summed E-state index contributed by atoms with van der Waals surface area (Å²) < 4.78 is 0. The molecular formula is C24H38N2O2. The number of hydrogen-bond donors (Lipinski definition) is 1. The largest absolute Gasteiger partial charge is 0.391 e. The monoisotopic (exact) mass is 386 g/mol. The van der Waals surface area contributed by atoms with Gasteiger partial charge >= 0.3 is 0 Å². The van der Waals surface area contributed by atoms with Gasteiger partial charge in [-0.3, -0.25) is 4.79 Å². The van der Waals surface area contributed by atoms with Crippen LogP contribution in [-0.4, -0.2) is 30.7 Å². The van der Waals surface area contributed by atoms with E-state index >= 15 is 0 Å². The van der Waals surface area contributed by atoms with E-state index in [1.54, 1.807) is 0 Å². The molecule has 1 unspecified atom stereocenters. The van der Waals surface area contributed by atoms with E-state index in [-0.39, 0.29) is 11.5 Å². The molecule has 1 aliphatic heterocycles. The zero-order chi connectivity index (χ0) is 19.5. The van der Waals surface area contributed by atoms with E-state index in [4.69, 9.17) is 4.84 Å². The lowest BCUT2D eigenvalue weighted by Crippen LogP contribution is -2.56. The molecule has 0 bridgehead atoms. The topological polar surface area (TPSA) is 50.7 Å². The van der Waals surface area contributed by atoms with Crippen LogP contribution in [-0.2, 0) is 9.63 Å². The van der Waals surface area contributed by atoms with Gasteiger partial charge in [-0.15, -0.1) is 0 Å². The van der Waals surface area contributed by atoms with Crippen LogP contribution < -0.4 is 5.32 Å². The summed E-state index contributed by atoms with van der Waals surface area (Å²) in [5.41, 5.74) is 1.72. The predicted molar refractivity (Wildman–Crippen MR) is 111 cm³/mol. The van der Waals surface area contributed by atoms with Gasteiger partial charge in [0, 0.05) is 24.8 Å². The Balaban J connectivity index is 1.34. The summed E-state index contributed by atoms with van der Waals surface area (Å²) in [6.07, 6.45) is 10.5. The second kappa shape index (κ2) is 6.82. The van der Waals surface area contributed by atoms with Crippen LogP contribution in [0.3, 0.4) is 0 Å². The predicted octanol–water partition coefficient (Wildman–Crippen LogP) is 4.58. The number of Topliss-reactive ketones (excluding diaryl/α,β-unsaturated/α-hetero) is 1. The van der Waals surface area contributed by atoms with Crippen LogP contribution in [0.1, 0.15) is 78.6 Å². The van der Waals surface area contributed by atoms with Gasteiger partial charge in [-0.25, -0.2) is 0 Å². The molecule has 0 aromatic heterocycles. The van der Waals surface area contributed by atoms with E-state index in [9.17, 15) is 4.79 Å². The van der Waals surface area contributed by atoms with Crippen molar-refractivity contribution in [3.05, 3.63) is 0 Å². The van der Waals surface area contributed by atoms with Gasteiger partial charge in [0.15, 0.2) is 0 Å². The molecule has 28 heavy (non-hydrogen) atoms. The molecule has 8 atom stereocenters. The minimum atomic E-state index is -0.0108. The van der Waals surface area contributed by atoms with Crippen molar-refractivity contribution >= 4 is 11.5 Å². The number of nitrogens with one attached hydrogen (secondary N) is 1. The fraction of sp³-hybridized carbons (Fsp3) is 0.917. The van der Waals surface area contributed by atoms with Crippen molar-refractivity contribution in [2.24, 2.45) is 45.6 Å². The molecule has 0 amide bonds. The number of carbonyl (C=O) groups is 1. The molecule has 4 heteroatoms. The first-order valence-electron chi connectivity index (χ1n) is 11.9. The Kier molecular flexibility index (Phi) is 4.65. The van der Waals surface area contributed by atoms with Gasteiger partial charge in [0.25, 0.3) is 0 Å². The van der Waals surface area contributed by atoms with Crippen molar-refractivity contribution in [2.45, 2.75) is 84.7 Å². The maximum absolute atomic E-state index is 12.7. The van der Waals surface area contributed by atoms with Crippen LogP contribution in [0.4, 0.5) is 0 Å². The van der Waals surface area contributed by atoms with E-state index in [0.717, 1.165) is 75.3 Å². The summed E-state index contributed by atoms with van der Waals surface area (Å²) >= 11 is 0. The third-order valence-electron chi connectivity index (χ3n) is 9.91. The van der Waals surface area contributed by atoms with Gasteiger partial charge in [-0.05, 0) is 86.5 Å². The van der Waals surface area contributed by atoms with Crippen molar-refractivity contribution < 1.29 is 9.63 Å². The Bertz CT molecular complexity index is 670. The zero-order valence-corrected chi connectivity index (χ0v) is 18.0. The van der Waals surface area contributed by atoms with Gasteiger partial charge in [0.2, 0.25) is 0 Å². The van der Waals surface area contributed by atoms with Gasteiger partial charge < -0.3 is 10.2 Å². The molecular weight excluding hydrogens is 348 g/mol. The van der Waals surface area contributed by atoms with Gasteiger partial charge in [-0.2, -0.15) is 0 Å². The summed E-state index contributed by atoms with van der Waals surface area (Å²) in [5, 5.41) is 7.98. The molecule has 4 nitrogen and oxygen atoms in total. The molecule has 0 aromatic carbocycles. The molecule has 0 radical (unpaired) electrons. The lowest BCUT2D eigenvalue weighted by atomic mass is 9.43. The lowest BCUT2D eigenvalue weighted by Gasteiger charge is -2.61. The van der Waals surface area contributed by atoms with Crippen LogP contribution in [0.25, 0.3) is 0 Å². The number of fused-ring (bicyclic) bond motifs is 5. The fourth-order valence-electron chi connectivity index (χ4n) is 8.16. The highest BCUT2D eigenvalue weighted by molar-refractivity contribution is 5.87. The maximum Gasteiger partial charge on any atom is 0.141 e. The van der Waals surface area contributed by atoms with Crippen molar-refractivity contribution in [3.63, 3.8) is 0 Å². The van der Waals surface area contributed by atoms with Crippen molar-refractivity contribution in [1.82, 2.24) is 5.32 Å². The van der Waals surface area contributed by atoms with Crippen LogP contribution in [0.5, 0.6) is 0 Å². The first-order valence-corrected chi connectivity index (χ1v) is 11.9. The molecule has 1 saturated heterocycles. The first kappa shape index (κ1) is 19.1. The first-order chi connectivity index (χ1) is 13.4. The van der Waals surface area contributed by atoms with E-state index < -0.39 is 0 Å². The Morgan fingerprint density at radius 1 is 1.11 bits per heavy atom. The molecule has 1 heterocycles. The Labute approximate surface area is 170 Å². The second-order valence-electron chi connectivity index (χ2n) is 11.2. The Hall–Kier alpha value is -0.900. The Morgan fingerprint density at radius 2 is 1.96 bits per heavy atom. The molecule has 0 aromatic rings. The van der Waals surface area contributed by atoms with Gasteiger partial charge in [0.1, 0.15) is 11.9 Å². The van der Waals surface area contributed by atoms with Gasteiger partial charge in [0.05, 0.1) is 5.71 Å². The number of ketones is 1. The summed E-state index contributed by atoms with van der Waals surface area (Å²) in [6, 6.07) is 0. The third-order valence-corrected chi connectivity index (χ3v) is 9.91. The number of hydrogen-bond acceptors (Lipinski definition) is 4. The molecule has 5 rings (SSSR count). The second-order valence-corrected chi connectivity index (χ2v) is 11.2. The van der Waals surface area contributed by atoms with Crippen LogP contribution in [0.15, 0.2) is 5.16 Å². The van der Waals surface area contributed by atoms with Gasteiger partial charge in [-0.1, -0.05) is 25.9 Å². The molecule has 0 spiro atoms. The molecule has 5 fully saturated rings. The normalized spacial score (nSPS) is 52.2. The summed E-state index contributed by atoms with van der Waals surface area (Å²) in [4.78, 5) is 18.5. The SMILES string of the molecule is C[C@@H]1CC2CC(=NO[C@H]3CCNC3)CC[C@]2(C)[C@H]2CC[C@]3(C)C(=O)CC[C@H]3[C@H]12. The third kappa shape index (κ3) is 2.80. The lowest BCUT2D eigenvalue weighted by molar-refractivity contribution is -0.143. The van der Waals surface area contributed by atoms with Crippen molar-refractivity contribution in [3.8, 4) is 0 Å². The number of rotatable bonds is 2. The highest BCUT2D eigenvalue weighted by Gasteiger charge is 2.61. The van der Waals surface area contributed by atoms with E-state index in [1.165, 1.54) is 25.0 Å². The number of oxime groups is 1. The highest BCUT2D eigenvalue weighted by atomic mass is 16.6. The Morgan fingerprint density at radius 3 is 2.75 bits per heavy atom. The van der Waals surface area contributed by atoms with E-state index in [2.05, 4.69) is 31.2 Å². The van der Waals surface area contributed by atoms with E-state index in [1.807, 2.05) is 0 Å². The zero-order valence-electron chi connectivity index (χ0n) is 18.0. The average molecular weight is 387 g/mol. The fourth-order valence-corrected chi connectivity index (χ4v) is 8.16. The minimum Gasteiger partial charge on any atom is -0.391 e. The van der Waals surface area contributed by atoms with Crippen molar-refractivity contribution in [1.29, 1.82) is 0 Å². The summed E-state index contributed by atoms with van der Waals surface area (Å²) in [7, 11) is 0. The smallest absolute Gasteiger partial charge is 0.141 e.